The zero-order chi connectivity index (χ0) is 14.3. The van der Waals surface area contributed by atoms with E-state index in [-0.39, 0.29) is 5.91 Å². The topological polar surface area (TPSA) is 55.1 Å². The van der Waals surface area contributed by atoms with Crippen LogP contribution in [0, 0.1) is 11.8 Å². The number of carbonyl (C=O) groups is 1. The van der Waals surface area contributed by atoms with E-state index in [0.29, 0.717) is 30.3 Å². The van der Waals surface area contributed by atoms with Crippen LogP contribution >= 0.6 is 0 Å². The molecule has 4 atom stereocenters. The number of nitrogens with one attached hydrogen (secondary N) is 1. The molecule has 0 heterocycles. The first kappa shape index (κ1) is 16.5. The summed E-state index contributed by atoms with van der Waals surface area (Å²) in [5.74, 6) is 1.57. The molecule has 112 valence electrons. The molecule has 1 rings (SSSR count). The van der Waals surface area contributed by atoms with E-state index in [2.05, 4.69) is 26.1 Å². The van der Waals surface area contributed by atoms with E-state index < -0.39 is 0 Å². The van der Waals surface area contributed by atoms with Crippen LogP contribution in [0.25, 0.3) is 0 Å². The second-order valence-electron chi connectivity index (χ2n) is 6.55. The van der Waals surface area contributed by atoms with Crippen LogP contribution in [-0.4, -0.2) is 18.0 Å². The maximum atomic E-state index is 11.9. The molecule has 0 spiro atoms. The third-order valence-corrected chi connectivity index (χ3v) is 4.46. The lowest BCUT2D eigenvalue weighted by atomic mass is 9.83. The van der Waals surface area contributed by atoms with E-state index in [9.17, 15) is 4.79 Å². The predicted octanol–water partition coefficient (Wildman–Crippen LogP) is 3.23. The third-order valence-electron chi connectivity index (χ3n) is 4.46. The van der Waals surface area contributed by atoms with Crippen molar-refractivity contribution < 1.29 is 4.79 Å². The molecule has 3 N–H and O–H groups in total. The average Bonchev–Trinajstić information content (AvgIpc) is 2.36. The highest BCUT2D eigenvalue weighted by Crippen LogP contribution is 2.26. The summed E-state index contributed by atoms with van der Waals surface area (Å²) in [5, 5.41) is 3.13. The zero-order valence-electron chi connectivity index (χ0n) is 13.0. The quantitative estimate of drug-likeness (QED) is 0.745. The smallest absolute Gasteiger partial charge is 0.220 e. The fourth-order valence-electron chi connectivity index (χ4n) is 3.11. The van der Waals surface area contributed by atoms with Crippen LogP contribution in [0.15, 0.2) is 0 Å². The minimum absolute atomic E-state index is 0.218. The summed E-state index contributed by atoms with van der Waals surface area (Å²) in [7, 11) is 0. The van der Waals surface area contributed by atoms with E-state index in [0.717, 1.165) is 25.7 Å². The molecule has 0 aromatic rings. The summed E-state index contributed by atoms with van der Waals surface area (Å²) in [6, 6.07) is 0.669. The fourth-order valence-corrected chi connectivity index (χ4v) is 3.11. The van der Waals surface area contributed by atoms with Crippen molar-refractivity contribution in [2.45, 2.75) is 84.2 Å². The normalized spacial score (nSPS) is 26.7. The molecule has 0 aliphatic heterocycles. The molecule has 0 bridgehead atoms. The predicted molar refractivity (Wildman–Crippen MR) is 80.8 cm³/mol. The Morgan fingerprint density at radius 1 is 1.37 bits per heavy atom. The lowest BCUT2D eigenvalue weighted by Gasteiger charge is -2.26. The van der Waals surface area contributed by atoms with Gasteiger partial charge in [-0.15, -0.1) is 0 Å². The highest BCUT2D eigenvalue weighted by molar-refractivity contribution is 5.76. The van der Waals surface area contributed by atoms with Gasteiger partial charge in [0.2, 0.25) is 5.91 Å². The van der Waals surface area contributed by atoms with E-state index in [1.165, 1.54) is 19.3 Å². The van der Waals surface area contributed by atoms with Gasteiger partial charge in [-0.05, 0) is 44.4 Å². The second kappa shape index (κ2) is 8.57. The van der Waals surface area contributed by atoms with Gasteiger partial charge in [0.05, 0.1) is 0 Å². The molecule has 3 heteroatoms. The molecule has 3 nitrogen and oxygen atoms in total. The van der Waals surface area contributed by atoms with Crippen LogP contribution in [0.2, 0.25) is 0 Å². The van der Waals surface area contributed by atoms with Gasteiger partial charge >= 0.3 is 0 Å². The fraction of sp³-hybridized carbons (Fsp3) is 0.938. The van der Waals surface area contributed by atoms with Crippen molar-refractivity contribution in [3.63, 3.8) is 0 Å². The Bertz CT molecular complexity index is 267. The Hall–Kier alpha value is -0.570. The number of hydrogen-bond acceptors (Lipinski definition) is 2. The summed E-state index contributed by atoms with van der Waals surface area (Å²) in [5.41, 5.74) is 5.98. The molecule has 4 unspecified atom stereocenters. The van der Waals surface area contributed by atoms with Gasteiger partial charge in [0.1, 0.15) is 0 Å². The standard InChI is InChI=1S/C16H32N2O/c1-4-12(2)10-13(3)18-16(19)9-8-14-6-5-7-15(17)11-14/h12-15H,4-11,17H2,1-3H3,(H,18,19). The Balaban J connectivity index is 2.16. The molecule has 0 aromatic heterocycles. The SMILES string of the molecule is CCC(C)CC(C)NC(=O)CCC1CCCC(N)C1. The lowest BCUT2D eigenvalue weighted by Crippen LogP contribution is -2.34. The first-order valence-corrected chi connectivity index (χ1v) is 8.06. The van der Waals surface area contributed by atoms with Crippen molar-refractivity contribution in [3.05, 3.63) is 0 Å². The minimum atomic E-state index is 0.218. The minimum Gasteiger partial charge on any atom is -0.354 e. The number of rotatable bonds is 7. The van der Waals surface area contributed by atoms with E-state index in [1.54, 1.807) is 0 Å². The van der Waals surface area contributed by atoms with Gasteiger partial charge in [-0.1, -0.05) is 33.1 Å². The summed E-state index contributed by atoms with van der Waals surface area (Å²) < 4.78 is 0. The van der Waals surface area contributed by atoms with Gasteiger partial charge in [0.15, 0.2) is 0 Å². The number of hydrogen-bond donors (Lipinski definition) is 2. The molecule has 1 amide bonds. The van der Waals surface area contributed by atoms with Crippen molar-refractivity contribution >= 4 is 5.91 Å². The van der Waals surface area contributed by atoms with E-state index in [4.69, 9.17) is 5.73 Å². The van der Waals surface area contributed by atoms with Crippen molar-refractivity contribution in [2.24, 2.45) is 17.6 Å². The van der Waals surface area contributed by atoms with Crippen LogP contribution in [0.4, 0.5) is 0 Å². The average molecular weight is 268 g/mol. The molecule has 1 aliphatic rings. The Morgan fingerprint density at radius 3 is 2.74 bits per heavy atom. The van der Waals surface area contributed by atoms with Gasteiger partial charge in [-0.25, -0.2) is 0 Å². The van der Waals surface area contributed by atoms with Crippen LogP contribution in [0.3, 0.4) is 0 Å². The van der Waals surface area contributed by atoms with Gasteiger partial charge in [0, 0.05) is 18.5 Å². The maximum absolute atomic E-state index is 11.9. The van der Waals surface area contributed by atoms with Gasteiger partial charge in [-0.3, -0.25) is 4.79 Å². The van der Waals surface area contributed by atoms with Crippen LogP contribution in [0.1, 0.15) is 72.1 Å². The van der Waals surface area contributed by atoms with Crippen molar-refractivity contribution in [1.29, 1.82) is 0 Å². The summed E-state index contributed by atoms with van der Waals surface area (Å²) in [6.45, 7) is 6.55. The van der Waals surface area contributed by atoms with Crippen molar-refractivity contribution in [3.8, 4) is 0 Å². The van der Waals surface area contributed by atoms with Crippen LogP contribution in [0.5, 0.6) is 0 Å². The zero-order valence-corrected chi connectivity index (χ0v) is 13.0. The number of carbonyl (C=O) groups excluding carboxylic acids is 1. The number of amides is 1. The van der Waals surface area contributed by atoms with Crippen molar-refractivity contribution in [2.75, 3.05) is 0 Å². The summed E-state index contributed by atoms with van der Waals surface area (Å²) in [6.07, 6.45) is 8.69. The van der Waals surface area contributed by atoms with Crippen molar-refractivity contribution in [1.82, 2.24) is 5.32 Å². The first-order valence-electron chi connectivity index (χ1n) is 8.06. The van der Waals surface area contributed by atoms with Crippen LogP contribution in [-0.2, 0) is 4.79 Å². The molecular formula is C16H32N2O. The first-order chi connectivity index (χ1) is 9.01. The number of nitrogens with two attached hydrogens (primary N) is 1. The highest BCUT2D eigenvalue weighted by Gasteiger charge is 2.20. The third kappa shape index (κ3) is 6.95. The molecule has 19 heavy (non-hydrogen) atoms. The van der Waals surface area contributed by atoms with Gasteiger partial charge in [-0.2, -0.15) is 0 Å². The Morgan fingerprint density at radius 2 is 2.11 bits per heavy atom. The lowest BCUT2D eigenvalue weighted by molar-refractivity contribution is -0.122. The van der Waals surface area contributed by atoms with Crippen LogP contribution < -0.4 is 11.1 Å². The summed E-state index contributed by atoms with van der Waals surface area (Å²) >= 11 is 0. The highest BCUT2D eigenvalue weighted by atomic mass is 16.1. The largest absolute Gasteiger partial charge is 0.354 e. The maximum Gasteiger partial charge on any atom is 0.220 e. The molecular weight excluding hydrogens is 236 g/mol. The van der Waals surface area contributed by atoms with E-state index in [1.807, 2.05) is 0 Å². The van der Waals surface area contributed by atoms with E-state index >= 15 is 0 Å². The molecule has 1 fully saturated rings. The molecule has 0 radical (unpaired) electrons. The molecule has 1 saturated carbocycles. The Labute approximate surface area is 118 Å². The van der Waals surface area contributed by atoms with Gasteiger partial charge in [0.25, 0.3) is 0 Å². The molecule has 0 saturated heterocycles. The monoisotopic (exact) mass is 268 g/mol. The summed E-state index contributed by atoms with van der Waals surface area (Å²) in [4.78, 5) is 11.9. The molecule has 1 aliphatic carbocycles. The second-order valence-corrected chi connectivity index (χ2v) is 6.55. The Kier molecular flexibility index (Phi) is 7.44. The van der Waals surface area contributed by atoms with Gasteiger partial charge < -0.3 is 11.1 Å². The molecule has 0 aromatic carbocycles.